The normalized spacial score (nSPS) is 12.1. The van der Waals surface area contributed by atoms with E-state index in [-0.39, 0.29) is 11.7 Å². The summed E-state index contributed by atoms with van der Waals surface area (Å²) in [5.41, 5.74) is 0.730. The van der Waals surface area contributed by atoms with Crippen LogP contribution in [-0.4, -0.2) is 19.9 Å². The molecule has 0 aliphatic rings. The molecule has 1 unspecified atom stereocenters. The molecule has 7 heteroatoms. The van der Waals surface area contributed by atoms with Crippen LogP contribution in [-0.2, 0) is 0 Å². The van der Waals surface area contributed by atoms with E-state index in [4.69, 9.17) is 0 Å². The molecule has 2 rings (SSSR count). The summed E-state index contributed by atoms with van der Waals surface area (Å²) in [5, 5.41) is 13.9. The Labute approximate surface area is 110 Å². The second kappa shape index (κ2) is 5.47. The van der Waals surface area contributed by atoms with Crippen molar-refractivity contribution in [1.29, 1.82) is 0 Å². The topological polar surface area (TPSA) is 96.7 Å². The smallest absolute Gasteiger partial charge is 0.287 e. The first-order valence-electron chi connectivity index (χ1n) is 5.98. The lowest BCUT2D eigenvalue weighted by atomic mass is 10.2. The zero-order chi connectivity index (χ0) is 13.8. The van der Waals surface area contributed by atoms with E-state index >= 15 is 0 Å². The van der Waals surface area contributed by atoms with Crippen LogP contribution in [0.1, 0.15) is 30.8 Å². The molecule has 0 aromatic carbocycles. The number of aromatic nitrogens is 3. The molecule has 1 atom stereocenters. The van der Waals surface area contributed by atoms with Crippen LogP contribution in [0.5, 0.6) is 0 Å². The van der Waals surface area contributed by atoms with Gasteiger partial charge < -0.3 is 10.3 Å². The Bertz CT molecular complexity index is 568. The fourth-order valence-corrected chi connectivity index (χ4v) is 1.81. The average Bonchev–Trinajstić information content (AvgIpc) is 2.91. The highest BCUT2D eigenvalue weighted by atomic mass is 16.6. The molecule has 2 aromatic heterocycles. The predicted octanol–water partition coefficient (Wildman–Crippen LogP) is 2.58. The summed E-state index contributed by atoms with van der Waals surface area (Å²) in [6.45, 7) is 3.82. The minimum Gasteiger partial charge on any atom is -0.360 e. The van der Waals surface area contributed by atoms with Crippen LogP contribution in [0.4, 0.5) is 11.5 Å². The lowest BCUT2D eigenvalue weighted by molar-refractivity contribution is -0.385. The molecule has 0 aliphatic carbocycles. The molecule has 0 saturated carbocycles. The maximum Gasteiger partial charge on any atom is 0.287 e. The van der Waals surface area contributed by atoms with E-state index in [1.807, 2.05) is 6.92 Å². The number of anilines is 1. The maximum absolute atomic E-state index is 10.7. The Balaban J connectivity index is 2.21. The van der Waals surface area contributed by atoms with Crippen LogP contribution in [0.3, 0.4) is 0 Å². The van der Waals surface area contributed by atoms with Gasteiger partial charge in [0.1, 0.15) is 17.8 Å². The fraction of sp³-hybridized carbons (Fsp3) is 0.333. The number of nitro groups is 1. The number of H-pyrrole nitrogens is 1. The van der Waals surface area contributed by atoms with E-state index < -0.39 is 4.92 Å². The Hall–Kier alpha value is -2.44. The predicted molar refractivity (Wildman–Crippen MR) is 70.9 cm³/mol. The van der Waals surface area contributed by atoms with Gasteiger partial charge in [0.25, 0.3) is 5.69 Å². The second-order valence-electron chi connectivity index (χ2n) is 4.20. The van der Waals surface area contributed by atoms with Gasteiger partial charge in [-0.2, -0.15) is 0 Å². The quantitative estimate of drug-likeness (QED) is 0.637. The second-order valence-corrected chi connectivity index (χ2v) is 4.20. The summed E-state index contributed by atoms with van der Waals surface area (Å²) in [4.78, 5) is 21.6. The molecule has 19 heavy (non-hydrogen) atoms. The molecule has 0 spiro atoms. The molecule has 0 radical (unpaired) electrons. The Morgan fingerprint density at radius 2 is 2.32 bits per heavy atom. The molecule has 0 bridgehead atoms. The Morgan fingerprint density at radius 3 is 2.84 bits per heavy atom. The van der Waals surface area contributed by atoms with Gasteiger partial charge >= 0.3 is 0 Å². The molecule has 2 N–H and O–H groups in total. The number of pyridine rings is 1. The standard InChI is InChI=1S/C12H15N5O2/c1-3-10(12-13-4-5-14-12)16-11-8(2)6-9(7-15-11)17(18)19/h4-7,10H,3H2,1-2H3,(H,13,14)(H,15,16). The van der Waals surface area contributed by atoms with Gasteiger partial charge in [-0.05, 0) is 18.9 Å². The van der Waals surface area contributed by atoms with Crippen molar-refractivity contribution in [2.45, 2.75) is 26.3 Å². The van der Waals surface area contributed by atoms with Crippen LogP contribution in [0, 0.1) is 17.0 Å². The maximum atomic E-state index is 10.7. The molecule has 2 aromatic rings. The van der Waals surface area contributed by atoms with Crippen molar-refractivity contribution in [3.63, 3.8) is 0 Å². The van der Waals surface area contributed by atoms with Crippen molar-refractivity contribution in [2.75, 3.05) is 5.32 Å². The van der Waals surface area contributed by atoms with Crippen molar-refractivity contribution in [3.05, 3.63) is 46.2 Å². The largest absolute Gasteiger partial charge is 0.360 e. The number of aromatic amines is 1. The summed E-state index contributed by atoms with van der Waals surface area (Å²) in [6.07, 6.45) is 5.53. The van der Waals surface area contributed by atoms with E-state index in [2.05, 4.69) is 20.3 Å². The molecule has 0 saturated heterocycles. The third-order valence-corrected chi connectivity index (χ3v) is 2.84. The van der Waals surface area contributed by atoms with Crippen molar-refractivity contribution < 1.29 is 4.92 Å². The Kier molecular flexibility index (Phi) is 3.74. The van der Waals surface area contributed by atoms with Crippen molar-refractivity contribution in [2.24, 2.45) is 0 Å². The Morgan fingerprint density at radius 1 is 1.53 bits per heavy atom. The highest BCUT2D eigenvalue weighted by molar-refractivity contribution is 5.49. The van der Waals surface area contributed by atoms with Crippen molar-refractivity contribution in [3.8, 4) is 0 Å². The van der Waals surface area contributed by atoms with Gasteiger partial charge in [-0.3, -0.25) is 10.1 Å². The number of imidazole rings is 1. The van der Waals surface area contributed by atoms with E-state index in [1.165, 1.54) is 12.3 Å². The van der Waals surface area contributed by atoms with Gasteiger partial charge in [0.15, 0.2) is 0 Å². The fourth-order valence-electron chi connectivity index (χ4n) is 1.81. The molecule has 2 heterocycles. The van der Waals surface area contributed by atoms with Crippen LogP contribution in [0.25, 0.3) is 0 Å². The van der Waals surface area contributed by atoms with Crippen molar-refractivity contribution >= 4 is 11.5 Å². The average molecular weight is 261 g/mol. The molecular formula is C12H15N5O2. The summed E-state index contributed by atoms with van der Waals surface area (Å²) in [6, 6.07) is 1.51. The van der Waals surface area contributed by atoms with Gasteiger partial charge in [0.05, 0.1) is 11.0 Å². The lowest BCUT2D eigenvalue weighted by Crippen LogP contribution is -2.13. The van der Waals surface area contributed by atoms with Gasteiger partial charge in [0, 0.05) is 18.5 Å². The zero-order valence-corrected chi connectivity index (χ0v) is 10.8. The van der Waals surface area contributed by atoms with Crippen LogP contribution >= 0.6 is 0 Å². The summed E-state index contributed by atoms with van der Waals surface area (Å²) < 4.78 is 0. The third kappa shape index (κ3) is 2.87. The summed E-state index contributed by atoms with van der Waals surface area (Å²) in [7, 11) is 0. The first-order chi connectivity index (χ1) is 9.11. The molecule has 0 amide bonds. The van der Waals surface area contributed by atoms with Crippen LogP contribution in [0.2, 0.25) is 0 Å². The first-order valence-corrected chi connectivity index (χ1v) is 5.98. The number of rotatable bonds is 5. The van der Waals surface area contributed by atoms with E-state index in [0.717, 1.165) is 17.8 Å². The van der Waals surface area contributed by atoms with Gasteiger partial charge in [-0.1, -0.05) is 6.92 Å². The van der Waals surface area contributed by atoms with Crippen LogP contribution in [0.15, 0.2) is 24.7 Å². The highest BCUT2D eigenvalue weighted by Crippen LogP contribution is 2.23. The van der Waals surface area contributed by atoms with E-state index in [0.29, 0.717) is 5.82 Å². The summed E-state index contributed by atoms with van der Waals surface area (Å²) >= 11 is 0. The van der Waals surface area contributed by atoms with Crippen LogP contribution < -0.4 is 5.32 Å². The lowest BCUT2D eigenvalue weighted by Gasteiger charge is -2.16. The van der Waals surface area contributed by atoms with Gasteiger partial charge in [0.2, 0.25) is 0 Å². The molecule has 0 aliphatic heterocycles. The molecule has 0 fully saturated rings. The van der Waals surface area contributed by atoms with E-state index in [9.17, 15) is 10.1 Å². The number of aryl methyl sites for hydroxylation is 1. The molecular weight excluding hydrogens is 246 g/mol. The van der Waals surface area contributed by atoms with Crippen molar-refractivity contribution in [1.82, 2.24) is 15.0 Å². The number of nitrogens with zero attached hydrogens (tertiary/aromatic N) is 3. The number of hydrogen-bond acceptors (Lipinski definition) is 5. The van der Waals surface area contributed by atoms with E-state index in [1.54, 1.807) is 19.3 Å². The molecule has 100 valence electrons. The number of nitrogens with one attached hydrogen (secondary N) is 2. The monoisotopic (exact) mass is 261 g/mol. The summed E-state index contributed by atoms with van der Waals surface area (Å²) in [5.74, 6) is 1.45. The van der Waals surface area contributed by atoms with Gasteiger partial charge in [-0.25, -0.2) is 9.97 Å². The number of hydrogen-bond donors (Lipinski definition) is 2. The molecule has 7 nitrogen and oxygen atoms in total. The highest BCUT2D eigenvalue weighted by Gasteiger charge is 2.15. The minimum absolute atomic E-state index is 0.00246. The van der Waals surface area contributed by atoms with Gasteiger partial charge in [-0.15, -0.1) is 0 Å². The third-order valence-electron chi connectivity index (χ3n) is 2.84. The SMILES string of the molecule is CCC(Nc1ncc([N+](=O)[O-])cc1C)c1ncc[nH]1. The zero-order valence-electron chi connectivity index (χ0n) is 10.8. The minimum atomic E-state index is -0.451. The first kappa shape index (κ1) is 13.0.